The molecule has 0 aliphatic carbocycles. The van der Waals surface area contributed by atoms with Crippen LogP contribution in [0, 0.1) is 16.7 Å². The Morgan fingerprint density at radius 2 is 1.82 bits per heavy atom. The van der Waals surface area contributed by atoms with E-state index in [2.05, 4.69) is 84.6 Å². The molecule has 0 radical (unpaired) electrons. The number of likely N-dealkylation sites (tertiary alicyclic amines) is 1. The summed E-state index contributed by atoms with van der Waals surface area (Å²) in [4.78, 5) is 22.9. The first kappa shape index (κ1) is 27.0. The number of fused-ring (bicyclic) bond motifs is 3. The van der Waals surface area contributed by atoms with Crippen LogP contribution in [0.15, 0.2) is 103 Å². The van der Waals surface area contributed by atoms with Crippen molar-refractivity contribution in [3.05, 3.63) is 114 Å². The molecule has 10 heteroatoms. The molecule has 0 saturated carbocycles. The second-order valence-electron chi connectivity index (χ2n) is 11.9. The molecular formula is C35H32N10. The number of piperazine rings is 1. The van der Waals surface area contributed by atoms with Crippen LogP contribution < -0.4 is 15.1 Å². The zero-order chi connectivity index (χ0) is 30.5. The quantitative estimate of drug-likeness (QED) is 0.326. The second-order valence-corrected chi connectivity index (χ2v) is 11.9. The molecule has 45 heavy (non-hydrogen) atoms. The van der Waals surface area contributed by atoms with Gasteiger partial charge < -0.3 is 15.1 Å². The fourth-order valence-corrected chi connectivity index (χ4v) is 6.83. The molecule has 2 N–H and O–H groups in total. The predicted molar refractivity (Wildman–Crippen MR) is 175 cm³/mol. The average molecular weight is 593 g/mol. The third-order valence-electron chi connectivity index (χ3n) is 9.14. The van der Waals surface area contributed by atoms with Crippen LogP contribution >= 0.6 is 0 Å². The number of rotatable bonds is 5. The maximum Gasteiger partial charge on any atom is 0.226 e. The van der Waals surface area contributed by atoms with Crippen LogP contribution in [0.1, 0.15) is 17.7 Å². The highest BCUT2D eigenvalue weighted by Gasteiger charge is 2.44. The smallest absolute Gasteiger partial charge is 0.226 e. The minimum atomic E-state index is 0.353. The van der Waals surface area contributed by atoms with Crippen molar-refractivity contribution in [2.24, 2.45) is 0 Å². The number of benzene rings is 2. The first-order valence-corrected chi connectivity index (χ1v) is 15.2. The molecule has 2 atom stereocenters. The van der Waals surface area contributed by atoms with E-state index in [1.807, 2.05) is 42.3 Å². The first-order chi connectivity index (χ1) is 22.1. The number of pyridine rings is 1. The van der Waals surface area contributed by atoms with Gasteiger partial charge in [0.15, 0.2) is 5.82 Å². The van der Waals surface area contributed by atoms with Gasteiger partial charge in [-0.05, 0) is 48.4 Å². The van der Waals surface area contributed by atoms with Crippen molar-refractivity contribution in [2.75, 3.05) is 41.8 Å². The highest BCUT2D eigenvalue weighted by molar-refractivity contribution is 6.03. The van der Waals surface area contributed by atoms with Gasteiger partial charge in [-0.25, -0.2) is 15.0 Å². The number of hydrogen-bond acceptors (Lipinski definition) is 9. The second kappa shape index (κ2) is 10.9. The van der Waals surface area contributed by atoms with Gasteiger partial charge in [-0.1, -0.05) is 48.5 Å². The number of aromatic nitrogens is 3. The molecule has 222 valence electrons. The minimum absolute atomic E-state index is 0.353. The summed E-state index contributed by atoms with van der Waals surface area (Å²) in [6.45, 7) is 3.39. The maximum absolute atomic E-state index is 9.25. The predicted octanol–water partition coefficient (Wildman–Crippen LogP) is 5.13. The molecule has 0 spiro atoms. The van der Waals surface area contributed by atoms with E-state index in [1.54, 1.807) is 12.3 Å². The van der Waals surface area contributed by atoms with Crippen LogP contribution in [0.5, 0.6) is 0 Å². The van der Waals surface area contributed by atoms with Crippen molar-refractivity contribution in [1.29, 1.82) is 10.7 Å². The van der Waals surface area contributed by atoms with Gasteiger partial charge in [-0.15, -0.1) is 0 Å². The molecule has 2 saturated heterocycles. The summed E-state index contributed by atoms with van der Waals surface area (Å²) in [6.07, 6.45) is 6.87. The summed E-state index contributed by atoms with van der Waals surface area (Å²) in [7, 11) is 1.94. The number of nitrogens with one attached hydrogen (secondary N) is 2. The van der Waals surface area contributed by atoms with Crippen molar-refractivity contribution >= 4 is 29.0 Å². The summed E-state index contributed by atoms with van der Waals surface area (Å²) >= 11 is 0. The zero-order valence-electron chi connectivity index (χ0n) is 24.9. The van der Waals surface area contributed by atoms with Gasteiger partial charge in [0.05, 0.1) is 17.0 Å². The van der Waals surface area contributed by atoms with Crippen LogP contribution in [0.25, 0.3) is 11.3 Å². The summed E-state index contributed by atoms with van der Waals surface area (Å²) in [5.74, 6) is 2.79. The van der Waals surface area contributed by atoms with Crippen molar-refractivity contribution in [3.63, 3.8) is 0 Å². The SMILES string of the molecule is CN1CC=C/C(=C2/Nc3ccc(-c4ccccc4)nc3N2c2ccc(CN3C[C@H]4C[C@@H]3CN4c3nccc(C#N)n3)cc2)C1=N. The molecule has 2 aromatic heterocycles. The minimum Gasteiger partial charge on any atom is -0.356 e. The standard InChI is InChI=1S/C35H32N10/c1-42-17-5-8-29(32(42)37)33-41-31-14-13-30(24-6-3-2-4-7-24)40-34(31)45(33)26-11-9-23(10-12-26)20-43-21-28-18-27(43)22-44(28)35-38-16-15-25(19-36)39-35/h2-16,27-28,37,41H,17-18,20-22H2,1H3/b33-29+,37-32?/t27-,28-/m1/s1. The number of hydrogen-bond donors (Lipinski definition) is 2. The summed E-state index contributed by atoms with van der Waals surface area (Å²) in [5, 5.41) is 21.7. The topological polar surface area (TPSA) is 111 Å². The van der Waals surface area contributed by atoms with Crippen LogP contribution in [-0.2, 0) is 6.54 Å². The van der Waals surface area contributed by atoms with Crippen molar-refractivity contribution in [3.8, 4) is 17.3 Å². The van der Waals surface area contributed by atoms with E-state index in [0.29, 0.717) is 36.1 Å². The van der Waals surface area contributed by atoms with Gasteiger partial charge in [0, 0.05) is 62.8 Å². The Labute approximate surface area is 262 Å². The number of nitrogens with zero attached hydrogens (tertiary/aromatic N) is 8. The van der Waals surface area contributed by atoms with Crippen LogP contribution in [0.3, 0.4) is 0 Å². The molecular weight excluding hydrogens is 560 g/mol. The summed E-state index contributed by atoms with van der Waals surface area (Å²) < 4.78 is 0. The van der Waals surface area contributed by atoms with Gasteiger partial charge in [-0.3, -0.25) is 15.2 Å². The lowest BCUT2D eigenvalue weighted by Gasteiger charge is -2.34. The molecule has 2 bridgehead atoms. The zero-order valence-corrected chi connectivity index (χ0v) is 24.9. The lowest BCUT2D eigenvalue weighted by Crippen LogP contribution is -2.46. The molecule has 6 heterocycles. The maximum atomic E-state index is 9.25. The van der Waals surface area contributed by atoms with Gasteiger partial charge in [-0.2, -0.15) is 5.26 Å². The Kier molecular flexibility index (Phi) is 6.54. The first-order valence-electron chi connectivity index (χ1n) is 15.2. The number of anilines is 4. The third kappa shape index (κ3) is 4.78. The highest BCUT2D eigenvalue weighted by Crippen LogP contribution is 2.43. The summed E-state index contributed by atoms with van der Waals surface area (Å²) in [5.41, 5.74) is 6.35. The van der Waals surface area contributed by atoms with Crippen LogP contribution in [0.4, 0.5) is 23.1 Å². The van der Waals surface area contributed by atoms with Gasteiger partial charge in [0.1, 0.15) is 23.4 Å². The summed E-state index contributed by atoms with van der Waals surface area (Å²) in [6, 6.07) is 27.6. The van der Waals surface area contributed by atoms with E-state index in [9.17, 15) is 5.26 Å². The van der Waals surface area contributed by atoms with Crippen molar-refractivity contribution in [2.45, 2.75) is 25.0 Å². The largest absolute Gasteiger partial charge is 0.356 e. The third-order valence-corrected chi connectivity index (χ3v) is 9.14. The van der Waals surface area contributed by atoms with Gasteiger partial charge in [0.25, 0.3) is 0 Å². The van der Waals surface area contributed by atoms with E-state index >= 15 is 0 Å². The van der Waals surface area contributed by atoms with Gasteiger partial charge in [0.2, 0.25) is 5.95 Å². The highest BCUT2D eigenvalue weighted by atomic mass is 15.4. The van der Waals surface area contributed by atoms with Crippen molar-refractivity contribution < 1.29 is 0 Å². The van der Waals surface area contributed by atoms with Crippen LogP contribution in [0.2, 0.25) is 0 Å². The fraction of sp³-hybridized carbons (Fsp3) is 0.229. The number of nitriles is 1. The lowest BCUT2D eigenvalue weighted by molar-refractivity contribution is 0.229. The van der Waals surface area contributed by atoms with Crippen LogP contribution in [-0.4, -0.2) is 69.4 Å². The Balaban J connectivity index is 1.07. The number of likely N-dealkylation sites (N-methyl/N-ethyl adjacent to an activating group) is 1. The van der Waals surface area contributed by atoms with E-state index in [4.69, 9.17) is 10.4 Å². The van der Waals surface area contributed by atoms with Gasteiger partial charge >= 0.3 is 0 Å². The Bertz CT molecular complexity index is 1890. The van der Waals surface area contributed by atoms with Crippen molar-refractivity contribution in [1.82, 2.24) is 24.8 Å². The molecule has 2 aromatic carbocycles. The lowest BCUT2D eigenvalue weighted by atomic mass is 10.1. The molecule has 0 unspecified atom stereocenters. The number of amidine groups is 1. The fourth-order valence-electron chi connectivity index (χ4n) is 6.83. The Hall–Kier alpha value is -5.53. The Morgan fingerprint density at radius 1 is 0.978 bits per heavy atom. The van der Waals surface area contributed by atoms with E-state index in [0.717, 1.165) is 65.9 Å². The molecule has 4 aliphatic rings. The average Bonchev–Trinajstić information content (AvgIpc) is 3.79. The molecule has 8 rings (SSSR count). The molecule has 4 aliphatic heterocycles. The Morgan fingerprint density at radius 3 is 2.60 bits per heavy atom. The molecule has 0 amide bonds. The molecule has 2 fully saturated rings. The van der Waals surface area contributed by atoms with E-state index < -0.39 is 0 Å². The molecule has 10 nitrogen and oxygen atoms in total. The monoisotopic (exact) mass is 592 g/mol. The normalized spacial score (nSPS) is 22.1. The van der Waals surface area contributed by atoms with E-state index in [-0.39, 0.29) is 0 Å². The molecule has 4 aromatic rings. The van der Waals surface area contributed by atoms with E-state index in [1.165, 1.54) is 5.56 Å².